The zero-order valence-electron chi connectivity index (χ0n) is 18.2. The van der Waals surface area contributed by atoms with Crippen LogP contribution in [0.15, 0.2) is 36.9 Å². The summed E-state index contributed by atoms with van der Waals surface area (Å²) in [6.07, 6.45) is 1.08. The molecule has 0 fully saturated rings. The first kappa shape index (κ1) is 24.1. The zero-order chi connectivity index (χ0) is 23.1. The Labute approximate surface area is 186 Å². The molecule has 0 aliphatic carbocycles. The summed E-state index contributed by atoms with van der Waals surface area (Å²) < 4.78 is 21.3. The van der Waals surface area contributed by atoms with E-state index < -0.39 is 18.0 Å². The Morgan fingerprint density at radius 2 is 1.77 bits per heavy atom. The third kappa shape index (κ3) is 5.70. The predicted octanol–water partition coefficient (Wildman–Crippen LogP) is 4.59. The highest BCUT2D eigenvalue weighted by molar-refractivity contribution is 6.31. The number of carbonyl (C=O) groups is 2. The number of nitrogens with one attached hydrogen (secondary N) is 1. The van der Waals surface area contributed by atoms with Gasteiger partial charge in [-0.15, -0.1) is 6.58 Å². The number of benzene rings is 2. The second kappa shape index (κ2) is 10.7. The van der Waals surface area contributed by atoms with E-state index in [0.29, 0.717) is 39.9 Å². The summed E-state index contributed by atoms with van der Waals surface area (Å²) in [5, 5.41) is 3.21. The number of aryl methyl sites for hydroxylation is 1. The van der Waals surface area contributed by atoms with Gasteiger partial charge in [-0.05, 0) is 44.0 Å². The summed E-state index contributed by atoms with van der Waals surface area (Å²) in [7, 11) is 4.46. The van der Waals surface area contributed by atoms with Crippen LogP contribution in [0.2, 0.25) is 5.02 Å². The topological polar surface area (TPSA) is 83.1 Å². The SMILES string of the molecule is C=CCc1cc(C(=O)OC(C)C(=O)Nc2cc(C)c(Cl)cc2OC)cc(OC)c1OC. The number of halogens is 1. The van der Waals surface area contributed by atoms with Gasteiger partial charge >= 0.3 is 5.97 Å². The van der Waals surface area contributed by atoms with Crippen molar-refractivity contribution in [3.63, 3.8) is 0 Å². The lowest BCUT2D eigenvalue weighted by Gasteiger charge is -2.17. The molecule has 1 N–H and O–H groups in total. The maximum atomic E-state index is 12.7. The van der Waals surface area contributed by atoms with Crippen LogP contribution in [-0.2, 0) is 16.0 Å². The molecule has 0 spiro atoms. The highest BCUT2D eigenvalue weighted by atomic mass is 35.5. The summed E-state index contributed by atoms with van der Waals surface area (Å²) >= 11 is 6.09. The molecule has 0 saturated heterocycles. The second-order valence-corrected chi connectivity index (χ2v) is 7.11. The van der Waals surface area contributed by atoms with Crippen molar-refractivity contribution >= 4 is 29.2 Å². The first-order chi connectivity index (χ1) is 14.7. The Hall–Kier alpha value is -3.19. The molecule has 0 radical (unpaired) electrons. The van der Waals surface area contributed by atoms with Gasteiger partial charge in [0.25, 0.3) is 5.91 Å². The first-order valence-corrected chi connectivity index (χ1v) is 9.85. The molecule has 0 aliphatic rings. The van der Waals surface area contributed by atoms with Crippen molar-refractivity contribution in [2.24, 2.45) is 0 Å². The van der Waals surface area contributed by atoms with Gasteiger partial charge in [0.15, 0.2) is 17.6 Å². The molecular formula is C23H26ClNO6. The van der Waals surface area contributed by atoms with Crippen LogP contribution in [0, 0.1) is 6.92 Å². The van der Waals surface area contributed by atoms with E-state index in [-0.39, 0.29) is 5.56 Å². The maximum Gasteiger partial charge on any atom is 0.339 e. The number of hydrogen-bond acceptors (Lipinski definition) is 6. The van der Waals surface area contributed by atoms with E-state index >= 15 is 0 Å². The maximum absolute atomic E-state index is 12.7. The second-order valence-electron chi connectivity index (χ2n) is 6.70. The summed E-state index contributed by atoms with van der Waals surface area (Å²) in [5.41, 5.74) is 2.13. The third-order valence-electron chi connectivity index (χ3n) is 4.55. The van der Waals surface area contributed by atoms with E-state index in [1.807, 2.05) is 0 Å². The molecule has 1 unspecified atom stereocenters. The number of ether oxygens (including phenoxy) is 4. The van der Waals surface area contributed by atoms with Crippen molar-refractivity contribution in [3.05, 3.63) is 58.6 Å². The lowest BCUT2D eigenvalue weighted by molar-refractivity contribution is -0.123. The Kier molecular flexibility index (Phi) is 8.33. The fourth-order valence-electron chi connectivity index (χ4n) is 2.91. The van der Waals surface area contributed by atoms with Gasteiger partial charge < -0.3 is 24.3 Å². The van der Waals surface area contributed by atoms with Crippen molar-refractivity contribution in [3.8, 4) is 17.2 Å². The minimum absolute atomic E-state index is 0.231. The molecule has 0 aliphatic heterocycles. The van der Waals surface area contributed by atoms with E-state index in [2.05, 4.69) is 11.9 Å². The third-order valence-corrected chi connectivity index (χ3v) is 4.95. The van der Waals surface area contributed by atoms with E-state index in [1.54, 1.807) is 31.2 Å². The molecule has 1 atom stereocenters. The number of methoxy groups -OCH3 is 3. The molecule has 2 aromatic rings. The van der Waals surface area contributed by atoms with Crippen LogP contribution in [-0.4, -0.2) is 39.3 Å². The van der Waals surface area contributed by atoms with Gasteiger partial charge in [0.2, 0.25) is 0 Å². The zero-order valence-corrected chi connectivity index (χ0v) is 19.0. The number of anilines is 1. The molecule has 166 valence electrons. The largest absolute Gasteiger partial charge is 0.495 e. The monoisotopic (exact) mass is 447 g/mol. The van der Waals surface area contributed by atoms with Crippen LogP contribution in [0.1, 0.15) is 28.4 Å². The normalized spacial score (nSPS) is 11.3. The molecule has 0 heterocycles. The minimum Gasteiger partial charge on any atom is -0.495 e. The summed E-state index contributed by atoms with van der Waals surface area (Å²) in [6, 6.07) is 6.42. The number of amides is 1. The van der Waals surface area contributed by atoms with Crippen LogP contribution in [0.5, 0.6) is 17.2 Å². The summed E-state index contributed by atoms with van der Waals surface area (Å²) in [4.78, 5) is 25.3. The molecular weight excluding hydrogens is 422 g/mol. The predicted molar refractivity (Wildman–Crippen MR) is 120 cm³/mol. The highest BCUT2D eigenvalue weighted by Crippen LogP contribution is 2.34. The van der Waals surface area contributed by atoms with Crippen LogP contribution >= 0.6 is 11.6 Å². The van der Waals surface area contributed by atoms with E-state index in [0.717, 1.165) is 5.56 Å². The number of allylic oxidation sites excluding steroid dienone is 1. The quantitative estimate of drug-likeness (QED) is 0.447. The number of esters is 1. The van der Waals surface area contributed by atoms with E-state index in [4.69, 9.17) is 30.5 Å². The molecule has 0 saturated carbocycles. The minimum atomic E-state index is -1.07. The molecule has 7 nitrogen and oxygen atoms in total. The van der Waals surface area contributed by atoms with Crippen molar-refractivity contribution < 1.29 is 28.5 Å². The van der Waals surface area contributed by atoms with E-state index in [1.165, 1.54) is 34.3 Å². The fraction of sp³-hybridized carbons (Fsp3) is 0.304. The van der Waals surface area contributed by atoms with Crippen LogP contribution in [0.4, 0.5) is 5.69 Å². The molecule has 2 aromatic carbocycles. The highest BCUT2D eigenvalue weighted by Gasteiger charge is 2.23. The van der Waals surface area contributed by atoms with Gasteiger partial charge in [-0.2, -0.15) is 0 Å². The number of carbonyl (C=O) groups excluding carboxylic acids is 2. The fourth-order valence-corrected chi connectivity index (χ4v) is 3.07. The van der Waals surface area contributed by atoms with Crippen LogP contribution in [0.25, 0.3) is 0 Å². The molecule has 1 amide bonds. The van der Waals surface area contributed by atoms with Gasteiger partial charge in [-0.1, -0.05) is 17.7 Å². The van der Waals surface area contributed by atoms with Crippen molar-refractivity contribution in [1.82, 2.24) is 0 Å². The molecule has 8 heteroatoms. The Balaban J connectivity index is 2.20. The van der Waals surface area contributed by atoms with Gasteiger partial charge in [-0.3, -0.25) is 4.79 Å². The first-order valence-electron chi connectivity index (χ1n) is 9.47. The average Bonchev–Trinajstić information content (AvgIpc) is 2.75. The van der Waals surface area contributed by atoms with Crippen LogP contribution < -0.4 is 19.5 Å². The van der Waals surface area contributed by atoms with Crippen molar-refractivity contribution in [2.75, 3.05) is 26.6 Å². The molecule has 2 rings (SSSR count). The standard InChI is InChI=1S/C23H26ClNO6/c1-7-8-15-10-16(11-20(29-5)21(15)30-6)23(27)31-14(3)22(26)25-18-9-13(2)17(24)12-19(18)28-4/h7,9-12,14H,1,8H2,2-6H3,(H,25,26). The molecule has 0 aromatic heterocycles. The number of rotatable bonds is 9. The van der Waals surface area contributed by atoms with Crippen LogP contribution in [0.3, 0.4) is 0 Å². The lowest BCUT2D eigenvalue weighted by atomic mass is 10.1. The Morgan fingerprint density at radius 3 is 2.35 bits per heavy atom. The molecule has 31 heavy (non-hydrogen) atoms. The number of hydrogen-bond donors (Lipinski definition) is 1. The van der Waals surface area contributed by atoms with Crippen molar-refractivity contribution in [2.45, 2.75) is 26.4 Å². The lowest BCUT2D eigenvalue weighted by Crippen LogP contribution is -2.30. The van der Waals surface area contributed by atoms with Gasteiger partial charge in [0, 0.05) is 16.7 Å². The molecule has 0 bridgehead atoms. The summed E-state index contributed by atoms with van der Waals surface area (Å²) in [5.74, 6) is 0.104. The summed E-state index contributed by atoms with van der Waals surface area (Å²) in [6.45, 7) is 7.00. The van der Waals surface area contributed by atoms with Crippen molar-refractivity contribution in [1.29, 1.82) is 0 Å². The smallest absolute Gasteiger partial charge is 0.339 e. The van der Waals surface area contributed by atoms with Gasteiger partial charge in [0.05, 0.1) is 32.6 Å². The Bertz CT molecular complexity index is 989. The van der Waals surface area contributed by atoms with Gasteiger partial charge in [0.1, 0.15) is 5.75 Å². The average molecular weight is 448 g/mol. The Morgan fingerprint density at radius 1 is 1.10 bits per heavy atom. The van der Waals surface area contributed by atoms with Gasteiger partial charge in [-0.25, -0.2) is 4.79 Å². The van der Waals surface area contributed by atoms with E-state index in [9.17, 15) is 9.59 Å².